The number of nitrogens with zero attached hydrogens (tertiary/aromatic N) is 1. The highest BCUT2D eigenvalue weighted by Crippen LogP contribution is 2.17. The zero-order valence-electron chi connectivity index (χ0n) is 9.88. The first kappa shape index (κ1) is 15.9. The summed E-state index contributed by atoms with van der Waals surface area (Å²) in [5.74, 6) is -0.594. The number of sulfone groups is 1. The summed E-state index contributed by atoms with van der Waals surface area (Å²) in [5, 5.41) is 0. The number of benzene rings is 1. The maximum absolute atomic E-state index is 11.8. The van der Waals surface area contributed by atoms with Crippen molar-refractivity contribution < 1.29 is 30.4 Å². The second kappa shape index (κ2) is 6.30. The van der Waals surface area contributed by atoms with Gasteiger partial charge in [-0.1, -0.05) is 6.07 Å². The molecule has 10 heteroatoms. The third kappa shape index (κ3) is 5.53. The van der Waals surface area contributed by atoms with Crippen molar-refractivity contribution in [2.75, 3.05) is 19.5 Å². The zero-order chi connectivity index (χ0) is 14.5. The van der Waals surface area contributed by atoms with E-state index in [0.717, 1.165) is 0 Å². The molecule has 1 rings (SSSR count). The van der Waals surface area contributed by atoms with Gasteiger partial charge in [0.15, 0.2) is 9.84 Å². The molecule has 0 aliphatic carbocycles. The fourth-order valence-corrected chi connectivity index (χ4v) is 2.73. The van der Waals surface area contributed by atoms with Crippen LogP contribution in [-0.2, 0) is 29.3 Å². The van der Waals surface area contributed by atoms with Crippen molar-refractivity contribution in [3.8, 4) is 0 Å². The Labute approximate surface area is 111 Å². The highest BCUT2D eigenvalue weighted by Gasteiger charge is 2.17. The summed E-state index contributed by atoms with van der Waals surface area (Å²) in [7, 11) is -7.07. The molecule has 19 heavy (non-hydrogen) atoms. The molecule has 0 saturated heterocycles. The van der Waals surface area contributed by atoms with Crippen LogP contribution < -0.4 is 5.48 Å². The van der Waals surface area contributed by atoms with E-state index in [2.05, 4.69) is 14.5 Å². The van der Waals surface area contributed by atoms with Crippen LogP contribution in [0, 0.1) is 0 Å². The smallest absolute Gasteiger partial charge is 0.264 e. The maximum Gasteiger partial charge on any atom is 0.397 e. The lowest BCUT2D eigenvalue weighted by Crippen LogP contribution is -2.15. The monoisotopic (exact) mass is 310 g/mol. The van der Waals surface area contributed by atoms with Gasteiger partial charge < -0.3 is 0 Å². The topological polar surface area (TPSA) is 121 Å². The van der Waals surface area contributed by atoms with Crippen LogP contribution in [0.25, 0.3) is 0 Å². The fraction of sp³-hybridized carbons (Fsp3) is 0.333. The molecule has 0 amide bonds. The summed E-state index contributed by atoms with van der Waals surface area (Å²) in [6.45, 7) is -0.674. The van der Waals surface area contributed by atoms with Crippen LogP contribution >= 0.6 is 0 Å². The number of rotatable bonds is 7. The van der Waals surface area contributed by atoms with Crippen molar-refractivity contribution in [1.29, 1.82) is 0 Å². The Morgan fingerprint density at radius 3 is 2.53 bits per heavy atom. The molecule has 107 valence electrons. The molecule has 0 saturated carbocycles. The SMILES string of the molecule is CO[N]c1cccc(S(=O)(=O)CCOS(=O)(=O)O)c1. The van der Waals surface area contributed by atoms with Gasteiger partial charge in [0, 0.05) is 0 Å². The third-order valence-corrected chi connectivity index (χ3v) is 4.10. The quantitative estimate of drug-likeness (QED) is 0.559. The van der Waals surface area contributed by atoms with Gasteiger partial charge in [0.05, 0.1) is 30.1 Å². The van der Waals surface area contributed by atoms with Crippen LogP contribution in [0.5, 0.6) is 0 Å². The van der Waals surface area contributed by atoms with E-state index in [9.17, 15) is 16.8 Å². The molecule has 0 spiro atoms. The second-order valence-electron chi connectivity index (χ2n) is 3.34. The lowest BCUT2D eigenvalue weighted by molar-refractivity contribution is 0.125. The standard InChI is InChI=1S/C9H12NO7S2/c1-16-10-8-3-2-4-9(7-8)18(11,12)6-5-17-19(13,14)15/h2-4,7H,5-6H2,1H3,(H,13,14,15). The van der Waals surface area contributed by atoms with Crippen LogP contribution in [0.1, 0.15) is 0 Å². The van der Waals surface area contributed by atoms with Crippen LogP contribution in [0.4, 0.5) is 5.69 Å². The Kier molecular flexibility index (Phi) is 5.26. The Bertz CT molecular complexity index is 624. The summed E-state index contributed by atoms with van der Waals surface area (Å²) in [4.78, 5) is 4.46. The molecule has 1 aromatic carbocycles. The molecule has 0 unspecified atom stereocenters. The molecule has 0 bridgehead atoms. The Morgan fingerprint density at radius 2 is 1.95 bits per heavy atom. The van der Waals surface area contributed by atoms with Crippen molar-refractivity contribution in [3.63, 3.8) is 0 Å². The predicted molar refractivity (Wildman–Crippen MR) is 64.8 cm³/mol. The number of hydrogen-bond donors (Lipinski definition) is 1. The van der Waals surface area contributed by atoms with E-state index in [0.29, 0.717) is 5.69 Å². The van der Waals surface area contributed by atoms with Gasteiger partial charge in [0.1, 0.15) is 0 Å². The maximum atomic E-state index is 11.8. The van der Waals surface area contributed by atoms with E-state index >= 15 is 0 Å². The summed E-state index contributed by atoms with van der Waals surface area (Å²) in [6.07, 6.45) is 0. The minimum Gasteiger partial charge on any atom is -0.264 e. The summed E-state index contributed by atoms with van der Waals surface area (Å²) in [6, 6.07) is 5.61. The van der Waals surface area contributed by atoms with Gasteiger partial charge in [-0.3, -0.25) is 9.39 Å². The van der Waals surface area contributed by atoms with E-state index in [-0.39, 0.29) is 4.90 Å². The normalized spacial score (nSPS) is 12.3. The van der Waals surface area contributed by atoms with Crippen molar-refractivity contribution in [3.05, 3.63) is 24.3 Å². The van der Waals surface area contributed by atoms with E-state index in [4.69, 9.17) is 4.55 Å². The van der Waals surface area contributed by atoms with Crippen LogP contribution in [-0.4, -0.2) is 40.9 Å². The molecule has 0 aliphatic heterocycles. The minimum atomic E-state index is -4.65. The third-order valence-electron chi connectivity index (χ3n) is 1.96. The molecular weight excluding hydrogens is 298 g/mol. The van der Waals surface area contributed by atoms with Gasteiger partial charge in [0.2, 0.25) is 0 Å². The molecule has 0 aromatic heterocycles. The van der Waals surface area contributed by atoms with E-state index in [1.54, 1.807) is 0 Å². The molecule has 1 radical (unpaired) electrons. The molecule has 8 nitrogen and oxygen atoms in total. The molecular formula is C9H12NO7S2. The average molecular weight is 310 g/mol. The highest BCUT2D eigenvalue weighted by molar-refractivity contribution is 7.91. The molecule has 1 N–H and O–H groups in total. The molecule has 0 aliphatic rings. The van der Waals surface area contributed by atoms with Crippen molar-refractivity contribution >= 4 is 25.9 Å². The van der Waals surface area contributed by atoms with Gasteiger partial charge >= 0.3 is 10.4 Å². The zero-order valence-corrected chi connectivity index (χ0v) is 11.5. The summed E-state index contributed by atoms with van der Waals surface area (Å²) >= 11 is 0. The molecule has 0 atom stereocenters. The van der Waals surface area contributed by atoms with Crippen molar-refractivity contribution in [2.24, 2.45) is 0 Å². The largest absolute Gasteiger partial charge is 0.397 e. The van der Waals surface area contributed by atoms with Crippen molar-refractivity contribution in [2.45, 2.75) is 4.90 Å². The van der Waals surface area contributed by atoms with Crippen molar-refractivity contribution in [1.82, 2.24) is 5.48 Å². The first-order valence-electron chi connectivity index (χ1n) is 4.93. The Hall–Kier alpha value is -1.20. The van der Waals surface area contributed by atoms with Gasteiger partial charge in [-0.2, -0.15) is 8.42 Å². The van der Waals surface area contributed by atoms with Crippen LogP contribution in [0.2, 0.25) is 0 Å². The fourth-order valence-electron chi connectivity index (χ4n) is 1.21. The Balaban J connectivity index is 2.79. The van der Waals surface area contributed by atoms with Gasteiger partial charge in [-0.05, 0) is 18.2 Å². The van der Waals surface area contributed by atoms with E-state index in [1.165, 1.54) is 31.4 Å². The first-order valence-corrected chi connectivity index (χ1v) is 7.95. The average Bonchev–Trinajstić information content (AvgIpc) is 2.28. The van der Waals surface area contributed by atoms with E-state index in [1.807, 2.05) is 0 Å². The first-order chi connectivity index (χ1) is 8.74. The lowest BCUT2D eigenvalue weighted by atomic mass is 10.3. The molecule has 0 heterocycles. The van der Waals surface area contributed by atoms with E-state index < -0.39 is 32.6 Å². The minimum absolute atomic E-state index is 0.0512. The van der Waals surface area contributed by atoms with Gasteiger partial charge in [0.25, 0.3) is 0 Å². The van der Waals surface area contributed by atoms with Crippen LogP contribution in [0.3, 0.4) is 0 Å². The van der Waals surface area contributed by atoms with Crippen LogP contribution in [0.15, 0.2) is 29.2 Å². The Morgan fingerprint density at radius 1 is 1.26 bits per heavy atom. The predicted octanol–water partition coefficient (Wildman–Crippen LogP) is 0.0770. The summed E-state index contributed by atoms with van der Waals surface area (Å²) < 4.78 is 56.6. The van der Waals surface area contributed by atoms with Gasteiger partial charge in [-0.15, -0.1) is 5.48 Å². The molecule has 1 aromatic rings. The van der Waals surface area contributed by atoms with Gasteiger partial charge in [-0.25, -0.2) is 12.6 Å². The summed E-state index contributed by atoms with van der Waals surface area (Å²) in [5.41, 5.74) is 3.87. The second-order valence-corrected chi connectivity index (χ2v) is 6.54. The number of hydrogen-bond acceptors (Lipinski definition) is 6. The molecule has 0 fully saturated rings. The lowest BCUT2D eigenvalue weighted by Gasteiger charge is -2.05. The highest BCUT2D eigenvalue weighted by atomic mass is 32.3.